The van der Waals surface area contributed by atoms with Crippen LogP contribution in [0.2, 0.25) is 0 Å². The van der Waals surface area contributed by atoms with Crippen LogP contribution in [0.4, 0.5) is 0 Å². The standard InChI is InChI=1S/C19H26N2O4S/c1-14(2)8-18(22)20-11-16-9-17-19(12-20,25-16)13-21(26(17,23)24)10-15-6-4-3-5-7-15/h3-7,14,16-17H,8-13H2,1-2H3/t16-,17+,19+/m0/s1. The van der Waals surface area contributed by atoms with Crippen LogP contribution in [0.15, 0.2) is 30.3 Å². The summed E-state index contributed by atoms with van der Waals surface area (Å²) in [6.07, 6.45) is 0.811. The zero-order valence-corrected chi connectivity index (χ0v) is 16.1. The molecule has 142 valence electrons. The molecule has 0 N–H and O–H groups in total. The highest BCUT2D eigenvalue weighted by Gasteiger charge is 2.65. The van der Waals surface area contributed by atoms with Gasteiger partial charge in [0.15, 0.2) is 0 Å². The van der Waals surface area contributed by atoms with Gasteiger partial charge < -0.3 is 9.64 Å². The van der Waals surface area contributed by atoms with Gasteiger partial charge in [-0.3, -0.25) is 4.79 Å². The van der Waals surface area contributed by atoms with Gasteiger partial charge in [0, 0.05) is 26.1 Å². The van der Waals surface area contributed by atoms with Crippen molar-refractivity contribution >= 4 is 15.9 Å². The summed E-state index contributed by atoms with van der Waals surface area (Å²) >= 11 is 0. The van der Waals surface area contributed by atoms with E-state index in [1.54, 1.807) is 4.31 Å². The third-order valence-electron chi connectivity index (χ3n) is 5.65. The van der Waals surface area contributed by atoms with E-state index < -0.39 is 20.9 Å². The Bertz CT molecular complexity index is 795. The molecule has 0 aliphatic carbocycles. The molecular weight excluding hydrogens is 352 g/mol. The zero-order chi connectivity index (χ0) is 18.5. The minimum atomic E-state index is -3.43. The Morgan fingerprint density at radius 3 is 2.69 bits per heavy atom. The number of hydrogen-bond acceptors (Lipinski definition) is 4. The number of carbonyl (C=O) groups excluding carboxylic acids is 1. The molecule has 0 aromatic heterocycles. The lowest BCUT2D eigenvalue weighted by molar-refractivity contribution is -0.151. The molecule has 3 aliphatic heterocycles. The first-order valence-corrected chi connectivity index (χ1v) is 10.8. The van der Waals surface area contributed by atoms with Crippen LogP contribution in [-0.2, 0) is 26.1 Å². The Labute approximate surface area is 155 Å². The molecule has 3 aliphatic rings. The molecule has 3 heterocycles. The average Bonchev–Trinajstić information content (AvgIpc) is 2.94. The number of amides is 1. The summed E-state index contributed by atoms with van der Waals surface area (Å²) in [5, 5.41) is -0.541. The number of ether oxygens (including phenoxy) is 1. The summed E-state index contributed by atoms with van der Waals surface area (Å²) in [6, 6.07) is 9.62. The van der Waals surface area contributed by atoms with Gasteiger partial charge in [0.05, 0.1) is 12.6 Å². The van der Waals surface area contributed by atoms with E-state index in [4.69, 9.17) is 4.74 Å². The zero-order valence-electron chi connectivity index (χ0n) is 15.3. The molecule has 0 saturated carbocycles. The lowest BCUT2D eigenvalue weighted by Crippen LogP contribution is -2.56. The fourth-order valence-corrected chi connectivity index (χ4v) is 6.84. The van der Waals surface area contributed by atoms with E-state index in [1.165, 1.54) is 0 Å². The molecule has 3 atom stereocenters. The predicted molar refractivity (Wildman–Crippen MR) is 97.8 cm³/mol. The minimum absolute atomic E-state index is 0.104. The maximum Gasteiger partial charge on any atom is 0.223 e. The number of benzene rings is 1. The number of fused-ring (bicyclic) bond motifs is 1. The normalized spacial score (nSPS) is 32.8. The van der Waals surface area contributed by atoms with Crippen LogP contribution in [-0.4, -0.2) is 60.1 Å². The van der Waals surface area contributed by atoms with Crippen molar-refractivity contribution in [1.29, 1.82) is 0 Å². The van der Waals surface area contributed by atoms with Crippen LogP contribution in [0, 0.1) is 5.92 Å². The van der Waals surface area contributed by atoms with Crippen LogP contribution in [0.3, 0.4) is 0 Å². The molecule has 6 nitrogen and oxygen atoms in total. The van der Waals surface area contributed by atoms with Gasteiger partial charge in [-0.2, -0.15) is 4.31 Å². The number of hydrogen-bond donors (Lipinski definition) is 0. The molecule has 0 radical (unpaired) electrons. The Kier molecular flexibility index (Phi) is 4.36. The lowest BCUT2D eigenvalue weighted by Gasteiger charge is -2.39. The average molecular weight is 378 g/mol. The fourth-order valence-electron chi connectivity index (χ4n) is 4.55. The van der Waals surface area contributed by atoms with Gasteiger partial charge in [-0.25, -0.2) is 8.42 Å². The molecule has 1 aromatic rings. The third kappa shape index (κ3) is 2.96. The molecule has 7 heteroatoms. The maximum absolute atomic E-state index is 13.1. The number of sulfonamides is 1. The van der Waals surface area contributed by atoms with E-state index in [0.717, 1.165) is 5.56 Å². The van der Waals surface area contributed by atoms with Gasteiger partial charge in [-0.1, -0.05) is 44.2 Å². The van der Waals surface area contributed by atoms with Crippen molar-refractivity contribution in [2.75, 3.05) is 19.6 Å². The highest BCUT2D eigenvalue weighted by molar-refractivity contribution is 7.90. The molecule has 3 saturated heterocycles. The number of morpholine rings is 1. The number of nitrogens with zero attached hydrogens (tertiary/aromatic N) is 2. The highest BCUT2D eigenvalue weighted by Crippen LogP contribution is 2.47. The van der Waals surface area contributed by atoms with Crippen molar-refractivity contribution in [1.82, 2.24) is 9.21 Å². The third-order valence-corrected chi connectivity index (χ3v) is 7.97. The number of rotatable bonds is 4. The van der Waals surface area contributed by atoms with Crippen LogP contribution in [0.1, 0.15) is 32.3 Å². The van der Waals surface area contributed by atoms with Crippen LogP contribution < -0.4 is 0 Å². The van der Waals surface area contributed by atoms with E-state index >= 15 is 0 Å². The van der Waals surface area contributed by atoms with Crippen molar-refractivity contribution < 1.29 is 17.9 Å². The predicted octanol–water partition coefficient (Wildman–Crippen LogP) is 1.62. The highest BCUT2D eigenvalue weighted by atomic mass is 32.2. The minimum Gasteiger partial charge on any atom is -0.365 e. The van der Waals surface area contributed by atoms with E-state index in [2.05, 4.69) is 0 Å². The SMILES string of the molecule is CC(C)CC(=O)N1C[C@@H]2C[C@@H]3[C@@](C1)(CN(Cc1ccccc1)S3(=O)=O)O2. The molecular formula is C19H26N2O4S. The first-order valence-electron chi connectivity index (χ1n) is 9.29. The molecule has 0 unspecified atom stereocenters. The van der Waals surface area contributed by atoms with Crippen molar-refractivity contribution in [2.24, 2.45) is 5.92 Å². The summed E-state index contributed by atoms with van der Waals surface area (Å²) in [7, 11) is -3.43. The van der Waals surface area contributed by atoms with Gasteiger partial charge in [-0.15, -0.1) is 0 Å². The second-order valence-electron chi connectivity index (χ2n) is 8.20. The molecule has 1 spiro atoms. The molecule has 1 amide bonds. The quantitative estimate of drug-likeness (QED) is 0.798. The van der Waals surface area contributed by atoms with Crippen LogP contribution >= 0.6 is 0 Å². The summed E-state index contributed by atoms with van der Waals surface area (Å²) in [5.74, 6) is 0.394. The van der Waals surface area contributed by atoms with Gasteiger partial charge >= 0.3 is 0 Å². The van der Waals surface area contributed by atoms with Gasteiger partial charge in [0.25, 0.3) is 0 Å². The Balaban J connectivity index is 1.57. The second kappa shape index (κ2) is 6.32. The molecule has 4 rings (SSSR count). The fraction of sp³-hybridized carbons (Fsp3) is 0.632. The summed E-state index contributed by atoms with van der Waals surface area (Å²) in [5.41, 5.74) is 0.191. The summed E-state index contributed by atoms with van der Waals surface area (Å²) < 4.78 is 34.0. The monoisotopic (exact) mass is 378 g/mol. The number of likely N-dealkylation sites (tertiary alicyclic amines) is 1. The van der Waals surface area contributed by atoms with Crippen molar-refractivity contribution in [2.45, 2.75) is 50.2 Å². The molecule has 3 fully saturated rings. The maximum atomic E-state index is 13.1. The molecule has 1 aromatic carbocycles. The summed E-state index contributed by atoms with van der Waals surface area (Å²) in [6.45, 7) is 5.62. The number of carbonyl (C=O) groups is 1. The van der Waals surface area contributed by atoms with Crippen LogP contribution in [0.25, 0.3) is 0 Å². The Hall–Kier alpha value is -1.44. The van der Waals surface area contributed by atoms with Crippen molar-refractivity contribution in [3.63, 3.8) is 0 Å². The van der Waals surface area contributed by atoms with E-state index in [9.17, 15) is 13.2 Å². The van der Waals surface area contributed by atoms with Crippen LogP contribution in [0.5, 0.6) is 0 Å². The smallest absolute Gasteiger partial charge is 0.223 e. The summed E-state index contributed by atoms with van der Waals surface area (Å²) in [4.78, 5) is 14.4. The van der Waals surface area contributed by atoms with Gasteiger partial charge in [0.1, 0.15) is 10.9 Å². The van der Waals surface area contributed by atoms with Crippen molar-refractivity contribution in [3.05, 3.63) is 35.9 Å². The Morgan fingerprint density at radius 2 is 2.00 bits per heavy atom. The molecule has 2 bridgehead atoms. The van der Waals surface area contributed by atoms with Gasteiger partial charge in [0.2, 0.25) is 15.9 Å². The van der Waals surface area contributed by atoms with Crippen molar-refractivity contribution in [3.8, 4) is 0 Å². The van der Waals surface area contributed by atoms with E-state index in [1.807, 2.05) is 49.1 Å². The first-order chi connectivity index (χ1) is 12.3. The largest absolute Gasteiger partial charge is 0.365 e. The second-order valence-corrected chi connectivity index (χ2v) is 10.3. The molecule has 26 heavy (non-hydrogen) atoms. The Morgan fingerprint density at radius 1 is 1.27 bits per heavy atom. The topological polar surface area (TPSA) is 66.9 Å². The lowest BCUT2D eigenvalue weighted by atomic mass is 9.98. The van der Waals surface area contributed by atoms with E-state index in [0.29, 0.717) is 39.0 Å². The van der Waals surface area contributed by atoms with E-state index in [-0.39, 0.29) is 17.9 Å². The first kappa shape index (κ1) is 17.9. The van der Waals surface area contributed by atoms with Gasteiger partial charge in [-0.05, 0) is 17.9 Å².